The van der Waals surface area contributed by atoms with Gasteiger partial charge in [0, 0.05) is 26.6 Å². The number of aromatic nitrogens is 2. The number of nitro groups is 1. The summed E-state index contributed by atoms with van der Waals surface area (Å²) in [5, 5.41) is 20.2. The molecule has 1 aliphatic heterocycles. The zero-order valence-electron chi connectivity index (χ0n) is 11.7. The quantitative estimate of drug-likeness (QED) is 0.662. The molecule has 8 heteroatoms. The van der Waals surface area contributed by atoms with Gasteiger partial charge in [0.05, 0.1) is 5.92 Å². The van der Waals surface area contributed by atoms with E-state index in [1.807, 2.05) is 11.8 Å². The van der Waals surface area contributed by atoms with Crippen molar-refractivity contribution < 1.29 is 14.8 Å². The van der Waals surface area contributed by atoms with Crippen molar-refractivity contribution >= 4 is 17.6 Å². The Morgan fingerprint density at radius 2 is 2.20 bits per heavy atom. The maximum atomic E-state index is 11.1. The van der Waals surface area contributed by atoms with Crippen LogP contribution in [0.3, 0.4) is 0 Å². The summed E-state index contributed by atoms with van der Waals surface area (Å²) in [4.78, 5) is 27.5. The van der Waals surface area contributed by atoms with Crippen molar-refractivity contribution in [2.24, 2.45) is 13.0 Å². The van der Waals surface area contributed by atoms with E-state index in [1.165, 1.54) is 0 Å². The molecule has 1 saturated heterocycles. The number of anilines is 1. The van der Waals surface area contributed by atoms with Crippen molar-refractivity contribution in [3.05, 3.63) is 15.9 Å². The van der Waals surface area contributed by atoms with Crippen LogP contribution >= 0.6 is 0 Å². The zero-order valence-corrected chi connectivity index (χ0v) is 11.7. The Kier molecular flexibility index (Phi) is 3.65. The molecule has 0 amide bonds. The molecule has 110 valence electrons. The molecule has 0 aromatic carbocycles. The van der Waals surface area contributed by atoms with Crippen molar-refractivity contribution in [2.75, 3.05) is 11.4 Å². The number of aryl methyl sites for hydroxylation is 1. The van der Waals surface area contributed by atoms with Crippen LogP contribution in [-0.4, -0.2) is 38.1 Å². The summed E-state index contributed by atoms with van der Waals surface area (Å²) < 4.78 is 1.69. The first-order valence-corrected chi connectivity index (χ1v) is 6.50. The SMILES string of the molecule is Cc1nc([N+](=O)[O-])c(N2CCC(C(=O)O)CC2C)n1C. The van der Waals surface area contributed by atoms with Gasteiger partial charge in [0.25, 0.3) is 0 Å². The molecule has 0 radical (unpaired) electrons. The second kappa shape index (κ2) is 5.10. The van der Waals surface area contributed by atoms with Gasteiger partial charge in [-0.1, -0.05) is 0 Å². The first-order chi connectivity index (χ1) is 9.32. The van der Waals surface area contributed by atoms with E-state index in [4.69, 9.17) is 5.11 Å². The number of carbonyl (C=O) groups is 1. The maximum Gasteiger partial charge on any atom is 0.406 e. The summed E-state index contributed by atoms with van der Waals surface area (Å²) in [6, 6.07) is -0.0710. The summed E-state index contributed by atoms with van der Waals surface area (Å²) in [7, 11) is 1.74. The maximum absolute atomic E-state index is 11.1. The van der Waals surface area contributed by atoms with Gasteiger partial charge >= 0.3 is 11.8 Å². The Morgan fingerprint density at radius 1 is 1.55 bits per heavy atom. The number of imidazole rings is 1. The predicted octanol–water partition coefficient (Wildman–Crippen LogP) is 1.33. The third kappa shape index (κ3) is 2.33. The number of carboxylic acids is 1. The largest absolute Gasteiger partial charge is 0.481 e. The van der Waals surface area contributed by atoms with Crippen LogP contribution in [0.2, 0.25) is 0 Å². The lowest BCUT2D eigenvalue weighted by Gasteiger charge is -2.37. The van der Waals surface area contributed by atoms with Crippen molar-refractivity contribution in [1.29, 1.82) is 0 Å². The van der Waals surface area contributed by atoms with E-state index < -0.39 is 10.9 Å². The summed E-state index contributed by atoms with van der Waals surface area (Å²) in [5.74, 6) is -0.310. The number of aliphatic carboxylic acids is 1. The van der Waals surface area contributed by atoms with Gasteiger partial charge in [-0.15, -0.1) is 0 Å². The molecule has 1 aliphatic rings. The van der Waals surface area contributed by atoms with E-state index in [0.717, 1.165) is 0 Å². The number of nitrogens with zero attached hydrogens (tertiary/aromatic N) is 4. The summed E-state index contributed by atoms with van der Waals surface area (Å²) in [6.45, 7) is 4.09. The van der Waals surface area contributed by atoms with Crippen LogP contribution in [-0.2, 0) is 11.8 Å². The summed E-state index contributed by atoms with van der Waals surface area (Å²) in [5.41, 5.74) is 0. The van der Waals surface area contributed by atoms with Gasteiger partial charge in [-0.25, -0.2) is 0 Å². The molecule has 2 rings (SSSR count). The molecule has 2 unspecified atom stereocenters. The lowest BCUT2D eigenvalue weighted by molar-refractivity contribution is -0.388. The molecule has 0 aliphatic carbocycles. The summed E-state index contributed by atoms with van der Waals surface area (Å²) in [6.07, 6.45) is 0.970. The topological polar surface area (TPSA) is 102 Å². The Balaban J connectivity index is 2.33. The molecular formula is C12H18N4O4. The van der Waals surface area contributed by atoms with Gasteiger partial charge < -0.3 is 20.1 Å². The Labute approximate surface area is 116 Å². The molecule has 0 spiro atoms. The van der Waals surface area contributed by atoms with Crippen LogP contribution in [0.5, 0.6) is 0 Å². The van der Waals surface area contributed by atoms with Gasteiger partial charge in [-0.2, -0.15) is 0 Å². The fraction of sp³-hybridized carbons (Fsp3) is 0.667. The number of hydrogen-bond acceptors (Lipinski definition) is 5. The Morgan fingerprint density at radius 3 is 2.70 bits per heavy atom. The molecule has 0 bridgehead atoms. The molecule has 1 aromatic rings. The van der Waals surface area contributed by atoms with Crippen molar-refractivity contribution in [3.8, 4) is 0 Å². The third-order valence-corrected chi connectivity index (χ3v) is 3.94. The highest BCUT2D eigenvalue weighted by Crippen LogP contribution is 2.34. The van der Waals surface area contributed by atoms with Gasteiger partial charge in [-0.05, 0) is 29.7 Å². The molecule has 1 aromatic heterocycles. The first-order valence-electron chi connectivity index (χ1n) is 6.50. The third-order valence-electron chi connectivity index (χ3n) is 3.94. The van der Waals surface area contributed by atoms with E-state index in [2.05, 4.69) is 4.98 Å². The van der Waals surface area contributed by atoms with E-state index in [9.17, 15) is 14.9 Å². The van der Waals surface area contributed by atoms with Crippen molar-refractivity contribution in [2.45, 2.75) is 32.7 Å². The minimum absolute atomic E-state index is 0.0710. The molecule has 2 atom stereocenters. The van der Waals surface area contributed by atoms with E-state index >= 15 is 0 Å². The molecule has 1 fully saturated rings. The van der Waals surface area contributed by atoms with Crippen LogP contribution < -0.4 is 4.90 Å². The van der Waals surface area contributed by atoms with Crippen LogP contribution in [0.1, 0.15) is 25.6 Å². The fourth-order valence-corrected chi connectivity index (χ4v) is 2.74. The predicted molar refractivity (Wildman–Crippen MR) is 71.8 cm³/mol. The number of rotatable bonds is 3. The van der Waals surface area contributed by atoms with Crippen molar-refractivity contribution in [3.63, 3.8) is 0 Å². The number of hydrogen-bond donors (Lipinski definition) is 1. The minimum atomic E-state index is -0.799. The highest BCUT2D eigenvalue weighted by molar-refractivity contribution is 5.71. The van der Waals surface area contributed by atoms with Crippen molar-refractivity contribution in [1.82, 2.24) is 9.55 Å². The summed E-state index contributed by atoms with van der Waals surface area (Å²) >= 11 is 0. The molecule has 20 heavy (non-hydrogen) atoms. The number of piperidine rings is 1. The zero-order chi connectivity index (χ0) is 15.0. The Bertz CT molecular complexity index is 554. The monoisotopic (exact) mass is 282 g/mol. The normalized spacial score (nSPS) is 22.9. The first kappa shape index (κ1) is 14.3. The molecule has 0 saturated carbocycles. The highest BCUT2D eigenvalue weighted by Gasteiger charge is 2.36. The average Bonchev–Trinajstić information content (AvgIpc) is 2.66. The lowest BCUT2D eigenvalue weighted by atomic mass is 9.92. The molecular weight excluding hydrogens is 264 g/mol. The fourth-order valence-electron chi connectivity index (χ4n) is 2.74. The molecule has 1 N–H and O–H groups in total. The van der Waals surface area contributed by atoms with Crippen LogP contribution in [0.4, 0.5) is 11.6 Å². The average molecular weight is 282 g/mol. The van der Waals surface area contributed by atoms with Gasteiger partial charge in [-0.3, -0.25) is 9.36 Å². The van der Waals surface area contributed by atoms with E-state index in [1.54, 1.807) is 18.5 Å². The molecule has 2 heterocycles. The van der Waals surface area contributed by atoms with E-state index in [0.29, 0.717) is 31.0 Å². The second-order valence-corrected chi connectivity index (χ2v) is 5.22. The van der Waals surface area contributed by atoms with E-state index in [-0.39, 0.29) is 17.8 Å². The van der Waals surface area contributed by atoms with Crippen LogP contribution in [0.25, 0.3) is 0 Å². The highest BCUT2D eigenvalue weighted by atomic mass is 16.6. The standard InChI is InChI=1S/C12H18N4O4/c1-7-6-9(12(17)18)4-5-15(7)11-10(16(19)20)13-8(2)14(11)3/h7,9H,4-6H2,1-3H3,(H,17,18). The minimum Gasteiger partial charge on any atom is -0.481 e. The smallest absolute Gasteiger partial charge is 0.406 e. The lowest BCUT2D eigenvalue weighted by Crippen LogP contribution is -2.43. The van der Waals surface area contributed by atoms with Crippen LogP contribution in [0, 0.1) is 23.0 Å². The van der Waals surface area contributed by atoms with Gasteiger partial charge in [0.15, 0.2) is 0 Å². The second-order valence-electron chi connectivity index (χ2n) is 5.22. The molecule has 8 nitrogen and oxygen atoms in total. The Hall–Kier alpha value is -2.12. The number of carboxylic acid groups (broad SMARTS) is 1. The van der Waals surface area contributed by atoms with Gasteiger partial charge in [0.2, 0.25) is 11.6 Å². The van der Waals surface area contributed by atoms with Crippen LogP contribution in [0.15, 0.2) is 0 Å². The van der Waals surface area contributed by atoms with Gasteiger partial charge in [0.1, 0.15) is 0 Å².